The van der Waals surface area contributed by atoms with E-state index in [0.29, 0.717) is 0 Å². The first kappa shape index (κ1) is 17.4. The smallest absolute Gasteiger partial charge is 0.408 e. The molecule has 120 valence electrons. The molecule has 1 aromatic rings. The zero-order valence-electron chi connectivity index (χ0n) is 12.1. The standard InChI is InChI=1S/C14H17NO7/c1-20-12(17)10(11(16)13(18)21-2)15-14(19)22-8-9-6-4-3-5-7-9/h3-7,10-11,16H,8H2,1-2H3,(H,15,19)/t10-,11-/m1/s1. The van der Waals surface area contributed by atoms with Crippen molar-refractivity contribution < 1.29 is 33.7 Å². The van der Waals surface area contributed by atoms with Gasteiger partial charge in [0.05, 0.1) is 14.2 Å². The van der Waals surface area contributed by atoms with Gasteiger partial charge in [-0.1, -0.05) is 30.3 Å². The molecule has 0 aromatic heterocycles. The second-order valence-electron chi connectivity index (χ2n) is 4.17. The van der Waals surface area contributed by atoms with Crippen LogP contribution in [0, 0.1) is 0 Å². The van der Waals surface area contributed by atoms with E-state index < -0.39 is 30.2 Å². The minimum Gasteiger partial charge on any atom is -0.467 e. The summed E-state index contributed by atoms with van der Waals surface area (Å²) in [6.45, 7) is -0.0329. The summed E-state index contributed by atoms with van der Waals surface area (Å²) in [6, 6.07) is 7.22. The van der Waals surface area contributed by atoms with E-state index in [9.17, 15) is 19.5 Å². The third-order valence-electron chi connectivity index (χ3n) is 2.70. The lowest BCUT2D eigenvalue weighted by Crippen LogP contribution is -2.52. The van der Waals surface area contributed by atoms with Gasteiger partial charge >= 0.3 is 18.0 Å². The lowest BCUT2D eigenvalue weighted by molar-refractivity contribution is -0.159. The molecule has 0 fully saturated rings. The predicted octanol–water partition coefficient (Wildman–Crippen LogP) is -0.0117. The maximum atomic E-state index is 11.7. The van der Waals surface area contributed by atoms with Crippen LogP contribution < -0.4 is 5.32 Å². The van der Waals surface area contributed by atoms with Gasteiger partial charge in [-0.25, -0.2) is 14.4 Å². The molecule has 0 unspecified atom stereocenters. The first-order valence-electron chi connectivity index (χ1n) is 6.30. The van der Waals surface area contributed by atoms with E-state index in [4.69, 9.17) is 4.74 Å². The number of aliphatic hydroxyl groups excluding tert-OH is 1. The summed E-state index contributed by atoms with van der Waals surface area (Å²) in [5.41, 5.74) is 0.737. The van der Waals surface area contributed by atoms with E-state index in [-0.39, 0.29) is 6.61 Å². The van der Waals surface area contributed by atoms with Crippen molar-refractivity contribution >= 4 is 18.0 Å². The van der Waals surface area contributed by atoms with Crippen molar-refractivity contribution in [3.8, 4) is 0 Å². The minimum atomic E-state index is -1.90. The van der Waals surface area contributed by atoms with E-state index in [2.05, 4.69) is 14.8 Å². The lowest BCUT2D eigenvalue weighted by Gasteiger charge is -2.19. The first-order valence-corrected chi connectivity index (χ1v) is 6.30. The SMILES string of the molecule is COC(=O)[C@H](O)[C@@H](NC(=O)OCc1ccccc1)C(=O)OC. The highest BCUT2D eigenvalue weighted by Gasteiger charge is 2.35. The molecule has 2 N–H and O–H groups in total. The summed E-state index contributed by atoms with van der Waals surface area (Å²) < 4.78 is 13.6. The number of aliphatic hydroxyl groups is 1. The number of esters is 2. The Bertz CT molecular complexity index is 517. The molecule has 0 aliphatic rings. The Morgan fingerprint density at radius 1 is 1.09 bits per heavy atom. The van der Waals surface area contributed by atoms with Crippen molar-refractivity contribution in [3.63, 3.8) is 0 Å². The van der Waals surface area contributed by atoms with Gasteiger partial charge in [0.25, 0.3) is 0 Å². The second kappa shape index (κ2) is 8.63. The summed E-state index contributed by atoms with van der Waals surface area (Å²) in [6.07, 6.45) is -2.89. The van der Waals surface area contributed by atoms with Gasteiger partial charge in [-0.15, -0.1) is 0 Å². The molecule has 0 heterocycles. The highest BCUT2D eigenvalue weighted by atomic mass is 16.6. The highest BCUT2D eigenvalue weighted by molar-refractivity contribution is 5.89. The van der Waals surface area contributed by atoms with Crippen LogP contribution in [-0.2, 0) is 30.4 Å². The van der Waals surface area contributed by atoms with Crippen LogP contribution in [-0.4, -0.2) is 49.5 Å². The topological polar surface area (TPSA) is 111 Å². The van der Waals surface area contributed by atoms with Crippen LogP contribution in [0.3, 0.4) is 0 Å². The molecule has 8 heteroatoms. The molecule has 8 nitrogen and oxygen atoms in total. The molecule has 1 rings (SSSR count). The number of ether oxygens (including phenoxy) is 3. The quantitative estimate of drug-likeness (QED) is 0.561. The Hall–Kier alpha value is -2.61. The molecule has 0 aliphatic carbocycles. The van der Waals surface area contributed by atoms with Crippen LogP contribution >= 0.6 is 0 Å². The normalized spacial score (nSPS) is 12.7. The number of benzene rings is 1. The van der Waals surface area contributed by atoms with Gasteiger partial charge in [0, 0.05) is 0 Å². The predicted molar refractivity (Wildman–Crippen MR) is 73.6 cm³/mol. The molecule has 1 aromatic carbocycles. The molecular weight excluding hydrogens is 294 g/mol. The summed E-state index contributed by atoms with van der Waals surface area (Å²) >= 11 is 0. The Balaban J connectivity index is 2.63. The Labute approximate surface area is 127 Å². The van der Waals surface area contributed by atoms with Crippen molar-refractivity contribution in [2.75, 3.05) is 14.2 Å². The molecule has 0 saturated carbocycles. The number of hydrogen-bond donors (Lipinski definition) is 2. The summed E-state index contributed by atoms with van der Waals surface area (Å²) in [7, 11) is 2.09. The number of carbonyl (C=O) groups is 3. The lowest BCUT2D eigenvalue weighted by atomic mass is 10.1. The zero-order valence-corrected chi connectivity index (χ0v) is 12.1. The first-order chi connectivity index (χ1) is 10.5. The summed E-state index contributed by atoms with van der Waals surface area (Å²) in [5.74, 6) is -2.09. The van der Waals surface area contributed by atoms with Crippen LogP contribution in [0.2, 0.25) is 0 Å². The van der Waals surface area contributed by atoms with E-state index >= 15 is 0 Å². The van der Waals surface area contributed by atoms with E-state index in [0.717, 1.165) is 19.8 Å². The minimum absolute atomic E-state index is 0.0329. The van der Waals surface area contributed by atoms with E-state index in [1.807, 2.05) is 6.07 Å². The van der Waals surface area contributed by atoms with Crippen molar-refractivity contribution in [3.05, 3.63) is 35.9 Å². The number of alkyl carbamates (subject to hydrolysis) is 1. The number of nitrogens with one attached hydrogen (secondary N) is 1. The monoisotopic (exact) mass is 311 g/mol. The molecule has 22 heavy (non-hydrogen) atoms. The third kappa shape index (κ3) is 5.06. The van der Waals surface area contributed by atoms with E-state index in [1.165, 1.54) is 0 Å². The van der Waals surface area contributed by atoms with Crippen LogP contribution in [0.5, 0.6) is 0 Å². The van der Waals surface area contributed by atoms with Gasteiger partial charge in [-0.2, -0.15) is 0 Å². The molecule has 0 spiro atoms. The zero-order chi connectivity index (χ0) is 16.5. The number of hydrogen-bond acceptors (Lipinski definition) is 7. The average molecular weight is 311 g/mol. The van der Waals surface area contributed by atoms with Crippen molar-refractivity contribution in [1.82, 2.24) is 5.32 Å². The average Bonchev–Trinajstić information content (AvgIpc) is 2.56. The number of methoxy groups -OCH3 is 2. The van der Waals surface area contributed by atoms with Gasteiger partial charge in [0.2, 0.25) is 0 Å². The fourth-order valence-electron chi connectivity index (χ4n) is 1.54. The Morgan fingerprint density at radius 2 is 1.68 bits per heavy atom. The number of carbonyl (C=O) groups excluding carboxylic acids is 3. The molecule has 2 atom stereocenters. The molecular formula is C14H17NO7. The largest absolute Gasteiger partial charge is 0.467 e. The second-order valence-corrected chi connectivity index (χ2v) is 4.17. The van der Waals surface area contributed by atoms with Crippen LogP contribution in [0.4, 0.5) is 4.79 Å². The molecule has 1 amide bonds. The molecule has 0 radical (unpaired) electrons. The van der Waals surface area contributed by atoms with Gasteiger partial charge < -0.3 is 24.6 Å². The van der Waals surface area contributed by atoms with Gasteiger partial charge in [0.15, 0.2) is 12.1 Å². The molecule has 0 aliphatic heterocycles. The van der Waals surface area contributed by atoms with Gasteiger partial charge in [-0.05, 0) is 5.56 Å². The fraction of sp³-hybridized carbons (Fsp3) is 0.357. The van der Waals surface area contributed by atoms with E-state index in [1.54, 1.807) is 24.3 Å². The summed E-state index contributed by atoms with van der Waals surface area (Å²) in [4.78, 5) is 34.4. The van der Waals surface area contributed by atoms with Crippen LogP contribution in [0.15, 0.2) is 30.3 Å². The van der Waals surface area contributed by atoms with Crippen LogP contribution in [0.1, 0.15) is 5.56 Å². The number of rotatable bonds is 6. The molecule has 0 bridgehead atoms. The van der Waals surface area contributed by atoms with Crippen molar-refractivity contribution in [2.45, 2.75) is 18.8 Å². The summed E-state index contributed by atoms with van der Waals surface area (Å²) in [5, 5.41) is 11.7. The Morgan fingerprint density at radius 3 is 2.23 bits per heavy atom. The Kier molecular flexibility index (Phi) is 6.84. The third-order valence-corrected chi connectivity index (χ3v) is 2.70. The molecule has 0 saturated heterocycles. The maximum Gasteiger partial charge on any atom is 0.408 e. The van der Waals surface area contributed by atoms with Gasteiger partial charge in [-0.3, -0.25) is 0 Å². The highest BCUT2D eigenvalue weighted by Crippen LogP contribution is 2.03. The van der Waals surface area contributed by atoms with Crippen LogP contribution in [0.25, 0.3) is 0 Å². The van der Waals surface area contributed by atoms with Crippen molar-refractivity contribution in [1.29, 1.82) is 0 Å². The van der Waals surface area contributed by atoms with Gasteiger partial charge in [0.1, 0.15) is 6.61 Å². The number of amides is 1. The maximum absolute atomic E-state index is 11.7. The fourth-order valence-corrected chi connectivity index (χ4v) is 1.54. The van der Waals surface area contributed by atoms with Crippen molar-refractivity contribution in [2.24, 2.45) is 0 Å².